The summed E-state index contributed by atoms with van der Waals surface area (Å²) in [4.78, 5) is 29.7. The number of amides is 2. The highest BCUT2D eigenvalue weighted by molar-refractivity contribution is 5.94. The minimum Gasteiger partial charge on any atom is -0.352 e. The van der Waals surface area contributed by atoms with Crippen LogP contribution in [-0.4, -0.2) is 27.9 Å². The van der Waals surface area contributed by atoms with Crippen LogP contribution in [0.4, 0.5) is 0 Å². The molecule has 33 heavy (non-hydrogen) atoms. The summed E-state index contributed by atoms with van der Waals surface area (Å²) in [6.07, 6.45) is 1.39. The molecule has 0 aliphatic heterocycles. The lowest BCUT2D eigenvalue weighted by Gasteiger charge is -2.11. The Balaban J connectivity index is 1.37. The third-order valence-corrected chi connectivity index (χ3v) is 5.54. The first kappa shape index (κ1) is 22.3. The first-order chi connectivity index (χ1) is 16.1. The molecule has 0 saturated heterocycles. The van der Waals surface area contributed by atoms with Gasteiger partial charge in [0.05, 0.1) is 11.0 Å². The van der Waals surface area contributed by atoms with E-state index in [0.717, 1.165) is 34.4 Å². The number of carbonyl (C=O) groups is 2. The molecule has 1 heterocycles. The minimum atomic E-state index is -0.0798. The Labute approximate surface area is 193 Å². The van der Waals surface area contributed by atoms with Crippen molar-refractivity contribution in [1.82, 2.24) is 20.2 Å². The zero-order valence-electron chi connectivity index (χ0n) is 18.8. The summed E-state index contributed by atoms with van der Waals surface area (Å²) in [7, 11) is 0. The fourth-order valence-electron chi connectivity index (χ4n) is 3.74. The van der Waals surface area contributed by atoms with Crippen molar-refractivity contribution in [3.8, 4) is 0 Å². The summed E-state index contributed by atoms with van der Waals surface area (Å²) in [5, 5.41) is 5.95. The zero-order chi connectivity index (χ0) is 23.0. The van der Waals surface area contributed by atoms with Gasteiger partial charge >= 0.3 is 0 Å². The average molecular weight is 441 g/mol. The van der Waals surface area contributed by atoms with Crippen LogP contribution in [0.2, 0.25) is 0 Å². The number of benzene rings is 3. The molecular weight excluding hydrogens is 412 g/mol. The van der Waals surface area contributed by atoms with Gasteiger partial charge in [0.15, 0.2) is 0 Å². The summed E-state index contributed by atoms with van der Waals surface area (Å²) in [5.74, 6) is 0.704. The molecule has 4 rings (SSSR count). The van der Waals surface area contributed by atoms with Crippen molar-refractivity contribution in [3.63, 3.8) is 0 Å². The first-order valence-electron chi connectivity index (χ1n) is 11.2. The highest BCUT2D eigenvalue weighted by Gasteiger charge is 2.14. The van der Waals surface area contributed by atoms with Gasteiger partial charge in [0, 0.05) is 25.1 Å². The maximum Gasteiger partial charge on any atom is 0.251 e. The molecule has 0 aliphatic carbocycles. The lowest BCUT2D eigenvalue weighted by molar-refractivity contribution is -0.121. The average Bonchev–Trinajstić information content (AvgIpc) is 3.18. The second-order valence-corrected chi connectivity index (χ2v) is 8.09. The largest absolute Gasteiger partial charge is 0.352 e. The molecule has 0 unspecified atom stereocenters. The number of hydrogen-bond donors (Lipinski definition) is 2. The van der Waals surface area contributed by atoms with Gasteiger partial charge in [-0.15, -0.1) is 0 Å². The third-order valence-electron chi connectivity index (χ3n) is 5.54. The van der Waals surface area contributed by atoms with Crippen LogP contribution in [0.15, 0.2) is 78.9 Å². The quantitative estimate of drug-likeness (QED) is 0.386. The van der Waals surface area contributed by atoms with Crippen LogP contribution in [-0.2, 0) is 24.3 Å². The monoisotopic (exact) mass is 440 g/mol. The van der Waals surface area contributed by atoms with E-state index in [1.54, 1.807) is 0 Å². The molecule has 0 saturated carbocycles. The number of imidazole rings is 1. The van der Waals surface area contributed by atoms with Crippen LogP contribution in [0.5, 0.6) is 0 Å². The number of nitrogens with one attached hydrogen (secondary N) is 2. The van der Waals surface area contributed by atoms with Gasteiger partial charge in [-0.05, 0) is 43.2 Å². The van der Waals surface area contributed by atoms with Crippen molar-refractivity contribution in [2.75, 3.05) is 6.54 Å². The number of aryl methyl sites for hydroxylation is 2. The topological polar surface area (TPSA) is 76.0 Å². The van der Waals surface area contributed by atoms with Crippen molar-refractivity contribution in [2.45, 2.75) is 32.9 Å². The van der Waals surface area contributed by atoms with E-state index in [-0.39, 0.29) is 18.4 Å². The molecule has 0 atom stereocenters. The van der Waals surface area contributed by atoms with E-state index in [9.17, 15) is 9.59 Å². The Bertz CT molecular complexity index is 1230. The summed E-state index contributed by atoms with van der Waals surface area (Å²) < 4.78 is 1.97. The first-order valence-corrected chi connectivity index (χ1v) is 11.2. The van der Waals surface area contributed by atoms with Crippen LogP contribution < -0.4 is 10.6 Å². The maximum atomic E-state index is 12.7. The number of aromatic nitrogens is 2. The van der Waals surface area contributed by atoms with E-state index in [0.29, 0.717) is 25.1 Å². The molecule has 0 aliphatic rings. The summed E-state index contributed by atoms with van der Waals surface area (Å²) in [6.45, 7) is 3.23. The summed E-state index contributed by atoms with van der Waals surface area (Å²) in [6, 6.07) is 25.2. The van der Waals surface area contributed by atoms with Gasteiger partial charge in [-0.2, -0.15) is 0 Å². The van der Waals surface area contributed by atoms with Crippen LogP contribution >= 0.6 is 0 Å². The number of carbonyl (C=O) groups excluding carboxylic acids is 2. The van der Waals surface area contributed by atoms with Crippen molar-refractivity contribution < 1.29 is 9.59 Å². The van der Waals surface area contributed by atoms with Crippen molar-refractivity contribution in [3.05, 3.63) is 101 Å². The zero-order valence-corrected chi connectivity index (χ0v) is 18.8. The smallest absolute Gasteiger partial charge is 0.251 e. The van der Waals surface area contributed by atoms with Gasteiger partial charge in [0.2, 0.25) is 5.91 Å². The maximum absolute atomic E-state index is 12.7. The second kappa shape index (κ2) is 10.6. The van der Waals surface area contributed by atoms with E-state index >= 15 is 0 Å². The van der Waals surface area contributed by atoms with Crippen LogP contribution in [0.1, 0.15) is 33.7 Å². The Kier molecular flexibility index (Phi) is 7.15. The van der Waals surface area contributed by atoms with Gasteiger partial charge < -0.3 is 15.2 Å². The number of fused-ring (bicyclic) bond motifs is 1. The van der Waals surface area contributed by atoms with E-state index in [1.165, 1.54) is 0 Å². The van der Waals surface area contributed by atoms with Crippen LogP contribution in [0.3, 0.4) is 0 Å². The summed E-state index contributed by atoms with van der Waals surface area (Å²) in [5.41, 5.74) is 4.64. The van der Waals surface area contributed by atoms with Crippen molar-refractivity contribution >= 4 is 22.8 Å². The van der Waals surface area contributed by atoms with Crippen molar-refractivity contribution in [1.29, 1.82) is 0 Å². The van der Waals surface area contributed by atoms with Crippen LogP contribution in [0.25, 0.3) is 11.0 Å². The number of rotatable bonds is 9. The van der Waals surface area contributed by atoms with Gasteiger partial charge in [-0.1, -0.05) is 60.2 Å². The standard InChI is InChI=1S/C27H28N4O2/c1-20-13-15-22(16-14-20)27(33)28-17-7-12-25-30-23-10-5-6-11-24(23)31(25)19-26(32)29-18-21-8-3-2-4-9-21/h2-6,8-11,13-16H,7,12,17-19H2,1H3,(H,28,33)(H,29,32). The van der Waals surface area contributed by atoms with E-state index in [2.05, 4.69) is 10.6 Å². The normalized spacial score (nSPS) is 10.8. The number of nitrogens with zero attached hydrogens (tertiary/aromatic N) is 2. The molecule has 4 aromatic rings. The number of hydrogen-bond acceptors (Lipinski definition) is 3. The second-order valence-electron chi connectivity index (χ2n) is 8.09. The van der Waals surface area contributed by atoms with E-state index < -0.39 is 0 Å². The fourth-order valence-corrected chi connectivity index (χ4v) is 3.74. The van der Waals surface area contributed by atoms with Gasteiger partial charge in [-0.3, -0.25) is 9.59 Å². The van der Waals surface area contributed by atoms with Crippen molar-refractivity contribution in [2.24, 2.45) is 0 Å². The third kappa shape index (κ3) is 5.86. The van der Waals surface area contributed by atoms with E-state index in [1.807, 2.05) is 90.4 Å². The SMILES string of the molecule is Cc1ccc(C(=O)NCCCc2nc3ccccc3n2CC(=O)NCc2ccccc2)cc1. The molecule has 168 valence electrons. The Hall–Kier alpha value is -3.93. The highest BCUT2D eigenvalue weighted by atomic mass is 16.2. The molecular formula is C27H28N4O2. The van der Waals surface area contributed by atoms with Gasteiger partial charge in [0.1, 0.15) is 12.4 Å². The molecule has 0 spiro atoms. The lowest BCUT2D eigenvalue weighted by atomic mass is 10.1. The lowest BCUT2D eigenvalue weighted by Crippen LogP contribution is -2.28. The molecule has 0 radical (unpaired) electrons. The molecule has 2 amide bonds. The molecule has 6 nitrogen and oxygen atoms in total. The molecule has 2 N–H and O–H groups in total. The van der Waals surface area contributed by atoms with Gasteiger partial charge in [0.25, 0.3) is 5.91 Å². The van der Waals surface area contributed by atoms with Gasteiger partial charge in [-0.25, -0.2) is 4.98 Å². The molecule has 6 heteroatoms. The Morgan fingerprint density at radius 1 is 0.879 bits per heavy atom. The predicted octanol–water partition coefficient (Wildman–Crippen LogP) is 4.02. The highest BCUT2D eigenvalue weighted by Crippen LogP contribution is 2.17. The fraction of sp³-hybridized carbons (Fsp3) is 0.222. The Morgan fingerprint density at radius 3 is 2.39 bits per heavy atom. The molecule has 1 aromatic heterocycles. The Morgan fingerprint density at radius 2 is 1.61 bits per heavy atom. The summed E-state index contributed by atoms with van der Waals surface area (Å²) >= 11 is 0. The molecule has 3 aromatic carbocycles. The minimum absolute atomic E-state index is 0.0593. The predicted molar refractivity (Wildman–Crippen MR) is 130 cm³/mol. The number of para-hydroxylation sites is 2. The molecule has 0 bridgehead atoms. The van der Waals surface area contributed by atoms with Crippen LogP contribution in [0, 0.1) is 6.92 Å². The molecule has 0 fully saturated rings. The van der Waals surface area contributed by atoms with E-state index in [4.69, 9.17) is 4.98 Å².